The van der Waals surface area contributed by atoms with E-state index in [0.29, 0.717) is 12.5 Å². The molecular weight excluding hydrogens is 236 g/mol. The zero-order valence-corrected chi connectivity index (χ0v) is 11.4. The second-order valence-electron chi connectivity index (χ2n) is 5.91. The summed E-state index contributed by atoms with van der Waals surface area (Å²) in [7, 11) is 0. The smallest absolute Gasteiger partial charge is 0.264 e. The highest BCUT2D eigenvalue weighted by atomic mass is 19.3. The number of nitrogens with zero attached hydrogens (tertiary/aromatic N) is 2. The van der Waals surface area contributed by atoms with E-state index in [0.717, 1.165) is 32.6 Å². The quantitative estimate of drug-likeness (QED) is 0.818. The Morgan fingerprint density at radius 2 is 1.78 bits per heavy atom. The van der Waals surface area contributed by atoms with Gasteiger partial charge in [-0.25, -0.2) is 8.78 Å². The van der Waals surface area contributed by atoms with Gasteiger partial charge in [0.15, 0.2) is 0 Å². The van der Waals surface area contributed by atoms with Crippen LogP contribution in [-0.4, -0.2) is 60.0 Å². The van der Waals surface area contributed by atoms with E-state index in [1.165, 1.54) is 0 Å². The average Bonchev–Trinajstić information content (AvgIpc) is 2.33. The highest BCUT2D eigenvalue weighted by Gasteiger charge is 2.46. The van der Waals surface area contributed by atoms with Crippen LogP contribution in [0.1, 0.15) is 33.1 Å². The summed E-state index contributed by atoms with van der Waals surface area (Å²) in [6.45, 7) is 8.02. The number of rotatable bonds is 2. The van der Waals surface area contributed by atoms with Crippen molar-refractivity contribution in [3.63, 3.8) is 0 Å². The zero-order chi connectivity index (χ0) is 13.3. The Labute approximate surface area is 108 Å². The molecule has 2 fully saturated rings. The van der Waals surface area contributed by atoms with Gasteiger partial charge >= 0.3 is 0 Å². The van der Waals surface area contributed by atoms with Gasteiger partial charge in [0.25, 0.3) is 5.92 Å². The number of piperazine rings is 1. The van der Waals surface area contributed by atoms with Crippen LogP contribution in [0.15, 0.2) is 0 Å². The van der Waals surface area contributed by atoms with Crippen LogP contribution in [0, 0.1) is 0 Å². The van der Waals surface area contributed by atoms with Crippen molar-refractivity contribution in [1.29, 1.82) is 0 Å². The molecule has 0 spiro atoms. The Morgan fingerprint density at radius 1 is 1.17 bits per heavy atom. The molecule has 1 heterocycles. The molecule has 2 N–H and O–H groups in total. The maximum absolute atomic E-state index is 13.6. The summed E-state index contributed by atoms with van der Waals surface area (Å²) in [5, 5.41) is 0. The lowest BCUT2D eigenvalue weighted by molar-refractivity contribution is -0.0882. The Morgan fingerprint density at radius 3 is 2.33 bits per heavy atom. The summed E-state index contributed by atoms with van der Waals surface area (Å²) in [5.41, 5.74) is 5.78. The van der Waals surface area contributed by atoms with Crippen LogP contribution in [0.2, 0.25) is 0 Å². The van der Waals surface area contributed by atoms with Crippen molar-refractivity contribution in [2.75, 3.05) is 26.2 Å². The van der Waals surface area contributed by atoms with Crippen molar-refractivity contribution in [3.8, 4) is 0 Å². The molecule has 106 valence electrons. The maximum atomic E-state index is 13.6. The van der Waals surface area contributed by atoms with Gasteiger partial charge in [0.1, 0.15) is 0 Å². The van der Waals surface area contributed by atoms with E-state index in [2.05, 4.69) is 23.6 Å². The third kappa shape index (κ3) is 2.83. The number of hydrogen-bond donors (Lipinski definition) is 1. The number of alkyl halides is 2. The van der Waals surface area contributed by atoms with E-state index in [-0.39, 0.29) is 12.5 Å². The van der Waals surface area contributed by atoms with Crippen LogP contribution in [0.5, 0.6) is 0 Å². The van der Waals surface area contributed by atoms with E-state index >= 15 is 0 Å². The van der Waals surface area contributed by atoms with E-state index < -0.39 is 12.0 Å². The van der Waals surface area contributed by atoms with Gasteiger partial charge in [0.05, 0.1) is 6.04 Å². The van der Waals surface area contributed by atoms with Crippen molar-refractivity contribution in [2.45, 2.75) is 57.2 Å². The second-order valence-corrected chi connectivity index (χ2v) is 5.91. The Hall–Kier alpha value is -0.260. The second kappa shape index (κ2) is 5.39. The molecule has 0 amide bonds. The van der Waals surface area contributed by atoms with Crippen LogP contribution in [0.3, 0.4) is 0 Å². The highest BCUT2D eigenvalue weighted by molar-refractivity contribution is 4.97. The van der Waals surface area contributed by atoms with E-state index in [1.807, 2.05) is 0 Å². The first-order valence-electron chi connectivity index (χ1n) is 7.03. The molecule has 1 saturated heterocycles. The average molecular weight is 261 g/mol. The van der Waals surface area contributed by atoms with Crippen molar-refractivity contribution >= 4 is 0 Å². The number of halogens is 2. The summed E-state index contributed by atoms with van der Waals surface area (Å²) >= 11 is 0. The minimum Gasteiger partial charge on any atom is -0.321 e. The van der Waals surface area contributed by atoms with Gasteiger partial charge in [-0.1, -0.05) is 0 Å². The molecule has 2 rings (SSSR count). The van der Waals surface area contributed by atoms with Gasteiger partial charge in [-0.2, -0.15) is 0 Å². The van der Waals surface area contributed by atoms with E-state index in [1.54, 1.807) is 0 Å². The monoisotopic (exact) mass is 261 g/mol. The van der Waals surface area contributed by atoms with Gasteiger partial charge in [0.2, 0.25) is 0 Å². The largest absolute Gasteiger partial charge is 0.321 e. The molecule has 1 aliphatic heterocycles. The molecule has 1 saturated carbocycles. The molecule has 0 unspecified atom stereocenters. The van der Waals surface area contributed by atoms with Crippen molar-refractivity contribution in [1.82, 2.24) is 9.80 Å². The summed E-state index contributed by atoms with van der Waals surface area (Å²) in [6, 6.07) is -0.589. The fourth-order valence-corrected chi connectivity index (χ4v) is 3.17. The van der Waals surface area contributed by atoms with Gasteiger partial charge in [-0.15, -0.1) is 0 Å². The fourth-order valence-electron chi connectivity index (χ4n) is 3.17. The van der Waals surface area contributed by atoms with E-state index in [9.17, 15) is 8.78 Å². The zero-order valence-electron chi connectivity index (χ0n) is 11.4. The molecule has 0 aromatic heterocycles. The molecule has 0 bridgehead atoms. The molecule has 3 nitrogen and oxygen atoms in total. The predicted octanol–water partition coefficient (Wildman–Crippen LogP) is 1.53. The minimum absolute atomic E-state index is 0.0450. The molecular formula is C13H25F2N3. The lowest BCUT2D eigenvalue weighted by Gasteiger charge is -2.46. The van der Waals surface area contributed by atoms with Gasteiger partial charge < -0.3 is 5.73 Å². The van der Waals surface area contributed by atoms with Gasteiger partial charge in [-0.05, 0) is 26.7 Å². The molecule has 2 aliphatic rings. The van der Waals surface area contributed by atoms with E-state index in [4.69, 9.17) is 5.73 Å². The normalized spacial score (nSPS) is 35.0. The summed E-state index contributed by atoms with van der Waals surface area (Å²) < 4.78 is 27.3. The SMILES string of the molecule is CC(C)N1CCN([C@@H]2CCCC(F)(F)[C@H]2N)CC1. The Kier molecular flexibility index (Phi) is 4.24. The molecule has 0 aromatic carbocycles. The topological polar surface area (TPSA) is 32.5 Å². The molecule has 2 atom stereocenters. The number of hydrogen-bond acceptors (Lipinski definition) is 3. The molecule has 5 heteroatoms. The minimum atomic E-state index is -2.68. The first-order valence-corrected chi connectivity index (χ1v) is 7.03. The van der Waals surface area contributed by atoms with Crippen LogP contribution in [0.25, 0.3) is 0 Å². The van der Waals surface area contributed by atoms with Crippen molar-refractivity contribution in [2.24, 2.45) is 5.73 Å². The molecule has 1 aliphatic carbocycles. The third-order valence-electron chi connectivity index (χ3n) is 4.46. The Bertz CT molecular complexity index is 275. The lowest BCUT2D eigenvalue weighted by atomic mass is 9.86. The van der Waals surface area contributed by atoms with Crippen LogP contribution < -0.4 is 5.73 Å². The number of nitrogens with two attached hydrogens (primary N) is 1. The van der Waals surface area contributed by atoms with Gasteiger partial charge in [-0.3, -0.25) is 9.80 Å². The molecule has 0 radical (unpaired) electrons. The first kappa shape index (κ1) is 14.2. The molecule has 0 aromatic rings. The van der Waals surface area contributed by atoms with Gasteiger partial charge in [0, 0.05) is 44.7 Å². The molecule has 18 heavy (non-hydrogen) atoms. The maximum Gasteiger partial charge on any atom is 0.264 e. The summed E-state index contributed by atoms with van der Waals surface area (Å²) in [6.07, 6.45) is 1.37. The standard InChI is InChI=1S/C13H25F2N3/c1-10(2)17-6-8-18(9-7-17)11-4-3-5-13(14,15)12(11)16/h10-12H,3-9,16H2,1-2H3/t11-,12+/m1/s1. The summed E-state index contributed by atoms with van der Waals surface area (Å²) in [5.74, 6) is -2.68. The Balaban J connectivity index is 1.93. The highest BCUT2D eigenvalue weighted by Crippen LogP contribution is 2.35. The van der Waals surface area contributed by atoms with Crippen molar-refractivity contribution < 1.29 is 8.78 Å². The first-order chi connectivity index (χ1) is 8.42. The van der Waals surface area contributed by atoms with Crippen LogP contribution in [0.4, 0.5) is 8.78 Å². The van der Waals surface area contributed by atoms with Crippen LogP contribution in [-0.2, 0) is 0 Å². The third-order valence-corrected chi connectivity index (χ3v) is 4.46. The van der Waals surface area contributed by atoms with Crippen LogP contribution >= 0.6 is 0 Å². The van der Waals surface area contributed by atoms with Crippen molar-refractivity contribution in [3.05, 3.63) is 0 Å². The summed E-state index contributed by atoms with van der Waals surface area (Å²) in [4.78, 5) is 4.57. The predicted molar refractivity (Wildman–Crippen MR) is 68.8 cm³/mol. The fraction of sp³-hybridized carbons (Fsp3) is 1.00. The lowest BCUT2D eigenvalue weighted by Crippen LogP contribution is -2.62.